The summed E-state index contributed by atoms with van der Waals surface area (Å²) in [5.74, 6) is -1.60. The van der Waals surface area contributed by atoms with Gasteiger partial charge in [-0.2, -0.15) is 13.2 Å². The Hall–Kier alpha value is -2.90. The normalized spacial score (nSPS) is 11.1. The lowest BCUT2D eigenvalue weighted by Gasteiger charge is -2.09. The van der Waals surface area contributed by atoms with Crippen LogP contribution in [0.25, 0.3) is 0 Å². The van der Waals surface area contributed by atoms with Crippen LogP contribution in [0.2, 0.25) is 0 Å². The van der Waals surface area contributed by atoms with Crippen LogP contribution in [0.1, 0.15) is 17.5 Å². The lowest BCUT2D eigenvalue weighted by Crippen LogP contribution is -2.29. The molecule has 4 nitrogen and oxygen atoms in total. The summed E-state index contributed by atoms with van der Waals surface area (Å²) in [5, 5.41) is 4.83. The third-order valence-electron chi connectivity index (χ3n) is 3.49. The van der Waals surface area contributed by atoms with Crippen LogP contribution in [0.4, 0.5) is 23.2 Å². The first kappa shape index (κ1) is 19.4. The fraction of sp³-hybridized carbons (Fsp3) is 0.222. The van der Waals surface area contributed by atoms with Crippen molar-refractivity contribution in [2.75, 3.05) is 11.9 Å². The molecule has 2 N–H and O–H groups in total. The zero-order valence-corrected chi connectivity index (χ0v) is 13.6. The van der Waals surface area contributed by atoms with Crippen LogP contribution in [-0.4, -0.2) is 18.4 Å². The highest BCUT2D eigenvalue weighted by molar-refractivity contribution is 6.03. The van der Waals surface area contributed by atoms with Gasteiger partial charge in [0.2, 0.25) is 11.8 Å². The number of alkyl halides is 3. The summed E-state index contributed by atoms with van der Waals surface area (Å²) < 4.78 is 50.8. The second-order valence-electron chi connectivity index (χ2n) is 5.49. The average molecular weight is 368 g/mol. The summed E-state index contributed by atoms with van der Waals surface area (Å²) in [6.07, 6.45) is -4.67. The molecule has 0 saturated heterocycles. The van der Waals surface area contributed by atoms with E-state index in [0.717, 1.165) is 24.3 Å². The predicted octanol–water partition coefficient (Wildman–Crippen LogP) is 3.53. The molecule has 2 aromatic rings. The van der Waals surface area contributed by atoms with Crippen molar-refractivity contribution in [3.63, 3.8) is 0 Å². The van der Waals surface area contributed by atoms with E-state index in [1.54, 1.807) is 18.2 Å². The monoisotopic (exact) mass is 368 g/mol. The Labute approximate surface area is 147 Å². The van der Waals surface area contributed by atoms with Crippen LogP contribution in [0, 0.1) is 5.82 Å². The average Bonchev–Trinajstić information content (AvgIpc) is 2.56. The second kappa shape index (κ2) is 8.46. The maximum atomic E-state index is 13.4. The molecular formula is C18H16F4N2O2. The summed E-state index contributed by atoms with van der Waals surface area (Å²) in [6, 6.07) is 10.0. The van der Waals surface area contributed by atoms with Crippen molar-refractivity contribution < 1.29 is 27.2 Å². The van der Waals surface area contributed by atoms with E-state index in [1.807, 2.05) is 0 Å². The molecule has 138 valence electrons. The molecule has 0 heterocycles. The Morgan fingerprint density at radius 1 is 0.923 bits per heavy atom. The molecule has 0 spiro atoms. The molecule has 0 radical (unpaired) electrons. The first-order valence-corrected chi connectivity index (χ1v) is 7.73. The second-order valence-corrected chi connectivity index (χ2v) is 5.49. The van der Waals surface area contributed by atoms with Gasteiger partial charge >= 0.3 is 6.18 Å². The molecule has 0 aliphatic heterocycles. The van der Waals surface area contributed by atoms with Gasteiger partial charge in [-0.3, -0.25) is 9.59 Å². The van der Waals surface area contributed by atoms with Crippen molar-refractivity contribution in [2.24, 2.45) is 0 Å². The highest BCUT2D eigenvalue weighted by Crippen LogP contribution is 2.29. The SMILES string of the molecule is O=C(CC(=O)Nc1ccc(C(F)(F)F)cc1)NCCc1ccccc1F. The van der Waals surface area contributed by atoms with Crippen LogP contribution < -0.4 is 10.6 Å². The molecule has 8 heteroatoms. The molecule has 0 aliphatic rings. The smallest absolute Gasteiger partial charge is 0.355 e. The zero-order valence-electron chi connectivity index (χ0n) is 13.6. The van der Waals surface area contributed by atoms with Gasteiger partial charge in [0, 0.05) is 12.2 Å². The topological polar surface area (TPSA) is 58.2 Å². The highest BCUT2D eigenvalue weighted by Gasteiger charge is 2.30. The molecular weight excluding hydrogens is 352 g/mol. The number of anilines is 1. The highest BCUT2D eigenvalue weighted by atomic mass is 19.4. The summed E-state index contributed by atoms with van der Waals surface area (Å²) in [6.45, 7) is 0.160. The van der Waals surface area contributed by atoms with Crippen molar-refractivity contribution in [3.8, 4) is 0 Å². The largest absolute Gasteiger partial charge is 0.416 e. The third kappa shape index (κ3) is 5.87. The van der Waals surface area contributed by atoms with Gasteiger partial charge in [-0.15, -0.1) is 0 Å². The fourth-order valence-corrected chi connectivity index (χ4v) is 2.19. The quantitative estimate of drug-likeness (QED) is 0.605. The number of rotatable bonds is 6. The van der Waals surface area contributed by atoms with Crippen molar-refractivity contribution in [3.05, 3.63) is 65.5 Å². The zero-order chi connectivity index (χ0) is 19.2. The van der Waals surface area contributed by atoms with Crippen LogP contribution in [0.5, 0.6) is 0 Å². The number of hydrogen-bond acceptors (Lipinski definition) is 2. The molecule has 0 aliphatic carbocycles. The summed E-state index contributed by atoms with van der Waals surface area (Å²) in [4.78, 5) is 23.4. The molecule has 0 atom stereocenters. The fourth-order valence-electron chi connectivity index (χ4n) is 2.19. The Kier molecular flexibility index (Phi) is 6.32. The van der Waals surface area contributed by atoms with E-state index in [0.29, 0.717) is 5.56 Å². The van der Waals surface area contributed by atoms with E-state index in [9.17, 15) is 27.2 Å². The standard InChI is InChI=1S/C18H16F4N2O2/c19-15-4-2-1-3-12(15)9-10-23-16(25)11-17(26)24-14-7-5-13(6-8-14)18(20,21)22/h1-8H,9-11H2,(H,23,25)(H,24,26). The number of carbonyl (C=O) groups excluding carboxylic acids is 2. The first-order chi connectivity index (χ1) is 12.3. The van der Waals surface area contributed by atoms with Crippen molar-refractivity contribution in [1.82, 2.24) is 5.32 Å². The van der Waals surface area contributed by atoms with Crippen LogP contribution in [0.15, 0.2) is 48.5 Å². The molecule has 26 heavy (non-hydrogen) atoms. The van der Waals surface area contributed by atoms with Gasteiger partial charge < -0.3 is 10.6 Å². The lowest BCUT2D eigenvalue weighted by atomic mass is 10.1. The minimum atomic E-state index is -4.46. The predicted molar refractivity (Wildman–Crippen MR) is 87.8 cm³/mol. The van der Waals surface area contributed by atoms with E-state index < -0.39 is 30.0 Å². The number of amides is 2. The number of nitrogens with one attached hydrogen (secondary N) is 2. The molecule has 0 aromatic heterocycles. The van der Waals surface area contributed by atoms with Crippen LogP contribution >= 0.6 is 0 Å². The minimum Gasteiger partial charge on any atom is -0.355 e. The molecule has 0 bridgehead atoms. The van der Waals surface area contributed by atoms with Gasteiger partial charge in [0.1, 0.15) is 12.2 Å². The lowest BCUT2D eigenvalue weighted by molar-refractivity contribution is -0.137. The van der Waals surface area contributed by atoms with E-state index in [2.05, 4.69) is 10.6 Å². The van der Waals surface area contributed by atoms with Crippen molar-refractivity contribution in [1.29, 1.82) is 0 Å². The van der Waals surface area contributed by atoms with Crippen LogP contribution in [-0.2, 0) is 22.2 Å². The Morgan fingerprint density at radius 2 is 1.58 bits per heavy atom. The molecule has 2 rings (SSSR count). The van der Waals surface area contributed by atoms with E-state index >= 15 is 0 Å². The molecule has 0 unspecified atom stereocenters. The molecule has 2 aromatic carbocycles. The van der Waals surface area contributed by atoms with Gasteiger partial charge in [0.25, 0.3) is 0 Å². The van der Waals surface area contributed by atoms with Gasteiger partial charge in [0.05, 0.1) is 5.56 Å². The van der Waals surface area contributed by atoms with E-state index in [4.69, 9.17) is 0 Å². The molecule has 0 saturated carbocycles. The Morgan fingerprint density at radius 3 is 2.19 bits per heavy atom. The summed E-state index contributed by atoms with van der Waals surface area (Å²) >= 11 is 0. The van der Waals surface area contributed by atoms with Gasteiger partial charge in [0.15, 0.2) is 0 Å². The number of hydrogen-bond donors (Lipinski definition) is 2. The summed E-state index contributed by atoms with van der Waals surface area (Å²) in [5.41, 5.74) is -0.231. The first-order valence-electron chi connectivity index (χ1n) is 7.73. The van der Waals surface area contributed by atoms with Gasteiger partial charge in [-0.1, -0.05) is 18.2 Å². The van der Waals surface area contributed by atoms with Crippen LogP contribution in [0.3, 0.4) is 0 Å². The van der Waals surface area contributed by atoms with Crippen molar-refractivity contribution in [2.45, 2.75) is 19.0 Å². The summed E-state index contributed by atoms with van der Waals surface area (Å²) in [7, 11) is 0. The van der Waals surface area contributed by atoms with Crippen molar-refractivity contribution >= 4 is 17.5 Å². The van der Waals surface area contributed by atoms with E-state index in [-0.39, 0.29) is 24.5 Å². The molecule has 2 amide bonds. The third-order valence-corrected chi connectivity index (χ3v) is 3.49. The van der Waals surface area contributed by atoms with Gasteiger partial charge in [-0.05, 0) is 42.3 Å². The number of benzene rings is 2. The van der Waals surface area contributed by atoms with Gasteiger partial charge in [-0.25, -0.2) is 4.39 Å². The van der Waals surface area contributed by atoms with E-state index in [1.165, 1.54) is 6.07 Å². The number of halogens is 4. The molecule has 0 fully saturated rings. The maximum Gasteiger partial charge on any atom is 0.416 e. The maximum absolute atomic E-state index is 13.4. The Bertz CT molecular complexity index is 774. The number of carbonyl (C=O) groups is 2. The Balaban J connectivity index is 1.76. The minimum absolute atomic E-state index is 0.155.